The predicted molar refractivity (Wildman–Crippen MR) is 73.8 cm³/mol. The van der Waals surface area contributed by atoms with Crippen molar-refractivity contribution in [1.82, 2.24) is 4.90 Å². The number of carbonyl (C=O) groups is 1. The van der Waals surface area contributed by atoms with Crippen LogP contribution >= 0.6 is 0 Å². The van der Waals surface area contributed by atoms with E-state index in [0.29, 0.717) is 17.0 Å². The Hall–Kier alpha value is -2.31. The largest absolute Gasteiger partial charge is 0.416 e. The van der Waals surface area contributed by atoms with Gasteiger partial charge in [-0.25, -0.2) is 0 Å². The lowest BCUT2D eigenvalue weighted by atomic mass is 10.1. The summed E-state index contributed by atoms with van der Waals surface area (Å²) < 4.78 is 37.6. The Bertz CT molecular complexity index is 615. The number of anilines is 1. The maximum Gasteiger partial charge on any atom is 0.416 e. The van der Waals surface area contributed by atoms with E-state index in [4.69, 9.17) is 0 Å². The van der Waals surface area contributed by atoms with Crippen LogP contribution in [0.3, 0.4) is 0 Å². The molecule has 0 bridgehead atoms. The lowest BCUT2D eigenvalue weighted by Gasteiger charge is -2.13. The van der Waals surface area contributed by atoms with E-state index in [2.05, 4.69) is 5.10 Å². The van der Waals surface area contributed by atoms with Gasteiger partial charge in [-0.15, -0.1) is 0 Å². The molecule has 21 heavy (non-hydrogen) atoms. The van der Waals surface area contributed by atoms with Crippen LogP contribution in [0.2, 0.25) is 0 Å². The molecule has 112 valence electrons. The number of hydrogen-bond acceptors (Lipinski definition) is 3. The third-order valence-electron chi connectivity index (χ3n) is 2.89. The summed E-state index contributed by atoms with van der Waals surface area (Å²) >= 11 is 0. The highest BCUT2D eigenvalue weighted by molar-refractivity contribution is 6.29. The molecule has 0 radical (unpaired) electrons. The quantitative estimate of drug-likeness (QED) is 0.787. The smallest absolute Gasteiger partial charge is 0.383 e. The summed E-state index contributed by atoms with van der Waals surface area (Å²) in [5.41, 5.74) is 0.477. The third-order valence-corrected chi connectivity index (χ3v) is 2.89. The van der Waals surface area contributed by atoms with Crippen LogP contribution in [0.5, 0.6) is 0 Å². The molecule has 0 saturated heterocycles. The lowest BCUT2D eigenvalue weighted by molar-refractivity contribution is -0.137. The van der Waals surface area contributed by atoms with Crippen LogP contribution in [0.15, 0.2) is 41.1 Å². The van der Waals surface area contributed by atoms with E-state index < -0.39 is 11.7 Å². The standard InChI is InChI=1S/C14H14F3N3O/c1-9-12(8-19(2)3)13(21)20(18-9)11-6-4-10(5-7-11)14(15,16)17/h4-8H,1-3H3. The zero-order valence-electron chi connectivity index (χ0n) is 11.8. The van der Waals surface area contributed by atoms with E-state index in [1.165, 1.54) is 12.1 Å². The maximum absolute atomic E-state index is 12.5. The molecule has 1 amide bonds. The minimum atomic E-state index is -4.40. The third kappa shape index (κ3) is 3.07. The molecule has 2 rings (SSSR count). The van der Waals surface area contributed by atoms with Crippen molar-refractivity contribution in [2.45, 2.75) is 13.1 Å². The van der Waals surface area contributed by atoms with Gasteiger partial charge < -0.3 is 4.90 Å². The molecule has 0 N–H and O–H groups in total. The fraction of sp³-hybridized carbons (Fsp3) is 0.286. The number of alkyl halides is 3. The van der Waals surface area contributed by atoms with Crippen LogP contribution < -0.4 is 5.01 Å². The van der Waals surface area contributed by atoms with E-state index in [9.17, 15) is 18.0 Å². The monoisotopic (exact) mass is 297 g/mol. The van der Waals surface area contributed by atoms with Crippen LogP contribution in [-0.4, -0.2) is 30.6 Å². The second-order valence-electron chi connectivity index (χ2n) is 4.85. The van der Waals surface area contributed by atoms with Crippen molar-refractivity contribution in [2.75, 3.05) is 19.1 Å². The zero-order valence-corrected chi connectivity index (χ0v) is 11.8. The fourth-order valence-corrected chi connectivity index (χ4v) is 1.89. The number of halogens is 3. The highest BCUT2D eigenvalue weighted by Crippen LogP contribution is 2.31. The van der Waals surface area contributed by atoms with Gasteiger partial charge in [-0.05, 0) is 31.2 Å². The summed E-state index contributed by atoms with van der Waals surface area (Å²) in [5, 5.41) is 5.19. The van der Waals surface area contributed by atoms with Gasteiger partial charge in [-0.3, -0.25) is 4.79 Å². The Morgan fingerprint density at radius 1 is 1.19 bits per heavy atom. The number of benzene rings is 1. The molecule has 0 aliphatic carbocycles. The first-order chi connectivity index (χ1) is 9.70. The second-order valence-corrected chi connectivity index (χ2v) is 4.85. The molecular formula is C14H14F3N3O. The Kier molecular flexibility index (Phi) is 3.76. The van der Waals surface area contributed by atoms with E-state index in [1.807, 2.05) is 0 Å². The van der Waals surface area contributed by atoms with Gasteiger partial charge in [-0.2, -0.15) is 23.3 Å². The molecule has 1 aromatic rings. The first-order valence-corrected chi connectivity index (χ1v) is 6.15. The first kappa shape index (κ1) is 15.1. The maximum atomic E-state index is 12.5. The van der Waals surface area contributed by atoms with E-state index in [1.54, 1.807) is 32.1 Å². The number of hydrazone groups is 1. The molecular weight excluding hydrogens is 283 g/mol. The summed E-state index contributed by atoms with van der Waals surface area (Å²) in [5.74, 6) is -0.360. The molecule has 7 heteroatoms. The molecule has 0 saturated carbocycles. The molecule has 0 fully saturated rings. The molecule has 1 aliphatic rings. The van der Waals surface area contributed by atoms with Gasteiger partial charge in [0.25, 0.3) is 5.91 Å². The van der Waals surface area contributed by atoms with Crippen LogP contribution in [0.25, 0.3) is 0 Å². The van der Waals surface area contributed by atoms with Crippen molar-refractivity contribution < 1.29 is 18.0 Å². The summed E-state index contributed by atoms with van der Waals surface area (Å²) in [6.45, 7) is 1.68. The van der Waals surface area contributed by atoms with Gasteiger partial charge in [0.15, 0.2) is 0 Å². The number of rotatable bonds is 2. The molecule has 0 unspecified atom stereocenters. The van der Waals surface area contributed by atoms with Gasteiger partial charge in [0.2, 0.25) is 0 Å². The summed E-state index contributed by atoms with van der Waals surface area (Å²) in [6.07, 6.45) is -2.77. The predicted octanol–water partition coefficient (Wildman–Crippen LogP) is 2.87. The number of amides is 1. The first-order valence-electron chi connectivity index (χ1n) is 6.15. The topological polar surface area (TPSA) is 35.9 Å². The van der Waals surface area contributed by atoms with E-state index in [-0.39, 0.29) is 5.91 Å². The second kappa shape index (κ2) is 5.23. The minimum absolute atomic E-state index is 0.300. The van der Waals surface area contributed by atoms with Crippen molar-refractivity contribution in [3.63, 3.8) is 0 Å². The highest BCUT2D eigenvalue weighted by Gasteiger charge is 2.32. The molecule has 4 nitrogen and oxygen atoms in total. The van der Waals surface area contributed by atoms with Gasteiger partial charge in [0.05, 0.1) is 22.5 Å². The Morgan fingerprint density at radius 3 is 2.24 bits per heavy atom. The Balaban J connectivity index is 2.30. The Morgan fingerprint density at radius 2 is 1.76 bits per heavy atom. The van der Waals surface area contributed by atoms with Gasteiger partial charge in [0.1, 0.15) is 0 Å². The van der Waals surface area contributed by atoms with Gasteiger partial charge >= 0.3 is 6.18 Å². The van der Waals surface area contributed by atoms with Crippen molar-refractivity contribution >= 4 is 17.3 Å². The zero-order chi connectivity index (χ0) is 15.8. The molecule has 0 atom stereocenters. The fourth-order valence-electron chi connectivity index (χ4n) is 1.89. The number of nitrogens with zero attached hydrogens (tertiary/aromatic N) is 3. The molecule has 0 spiro atoms. The van der Waals surface area contributed by atoms with Crippen LogP contribution in [-0.2, 0) is 11.0 Å². The van der Waals surface area contributed by atoms with E-state index >= 15 is 0 Å². The average Bonchev–Trinajstić information content (AvgIpc) is 2.65. The summed E-state index contributed by atoms with van der Waals surface area (Å²) in [6, 6.07) is 4.33. The molecule has 1 aromatic carbocycles. The summed E-state index contributed by atoms with van der Waals surface area (Å²) in [4.78, 5) is 13.9. The number of carbonyl (C=O) groups excluding carboxylic acids is 1. The van der Waals surface area contributed by atoms with E-state index in [0.717, 1.165) is 17.1 Å². The van der Waals surface area contributed by atoms with Crippen LogP contribution in [0, 0.1) is 0 Å². The average molecular weight is 297 g/mol. The lowest BCUT2D eigenvalue weighted by Crippen LogP contribution is -2.22. The highest BCUT2D eigenvalue weighted by atomic mass is 19.4. The van der Waals surface area contributed by atoms with Crippen LogP contribution in [0.4, 0.5) is 18.9 Å². The molecule has 1 heterocycles. The van der Waals surface area contributed by atoms with Crippen molar-refractivity contribution in [2.24, 2.45) is 5.10 Å². The van der Waals surface area contributed by atoms with Gasteiger partial charge in [0, 0.05) is 20.3 Å². The SMILES string of the molecule is CC1=NN(c2ccc(C(F)(F)F)cc2)C(=O)C1=CN(C)C. The van der Waals surface area contributed by atoms with Crippen LogP contribution in [0.1, 0.15) is 12.5 Å². The van der Waals surface area contributed by atoms with Crippen molar-refractivity contribution in [3.05, 3.63) is 41.6 Å². The van der Waals surface area contributed by atoms with Crippen molar-refractivity contribution in [1.29, 1.82) is 0 Å². The minimum Gasteiger partial charge on any atom is -0.383 e. The molecule has 1 aliphatic heterocycles. The molecule has 0 aromatic heterocycles. The normalized spacial score (nSPS) is 17.4. The van der Waals surface area contributed by atoms with Crippen molar-refractivity contribution in [3.8, 4) is 0 Å². The number of hydrogen-bond donors (Lipinski definition) is 0. The summed E-state index contributed by atoms with van der Waals surface area (Å²) in [7, 11) is 3.54. The Labute approximate surface area is 120 Å². The van der Waals surface area contributed by atoms with Gasteiger partial charge in [-0.1, -0.05) is 0 Å².